The van der Waals surface area contributed by atoms with Crippen molar-refractivity contribution < 1.29 is 4.52 Å². The Hall–Kier alpha value is -1.62. The van der Waals surface area contributed by atoms with Crippen LogP contribution in [0.2, 0.25) is 0 Å². The smallest absolute Gasteiger partial charge is 0.246 e. The lowest BCUT2D eigenvalue weighted by molar-refractivity contribution is 0.366. The summed E-state index contributed by atoms with van der Waals surface area (Å²) in [5.74, 6) is 2.25. The van der Waals surface area contributed by atoms with E-state index in [1.165, 1.54) is 18.4 Å². The van der Waals surface area contributed by atoms with E-state index in [1.54, 1.807) is 0 Å². The summed E-state index contributed by atoms with van der Waals surface area (Å²) in [6, 6.07) is 2.66. The number of hydrogen-bond donors (Lipinski definition) is 1. The largest absolute Gasteiger partial charge is 0.345 e. The van der Waals surface area contributed by atoms with Gasteiger partial charge in [0.2, 0.25) is 5.89 Å². The van der Waals surface area contributed by atoms with Crippen LogP contribution >= 0.6 is 0 Å². The number of rotatable bonds is 6. The van der Waals surface area contributed by atoms with Crippen LogP contribution < -0.4 is 5.32 Å². The maximum atomic E-state index is 5.22. The summed E-state index contributed by atoms with van der Waals surface area (Å²) in [6.45, 7) is 2.67. The summed E-state index contributed by atoms with van der Waals surface area (Å²) in [4.78, 5) is 4.33. The van der Waals surface area contributed by atoms with Gasteiger partial charge in [-0.1, -0.05) is 12.1 Å². The average Bonchev–Trinajstić information content (AvgIpc) is 2.98. The Labute approximate surface area is 113 Å². The Morgan fingerprint density at radius 3 is 3.00 bits per heavy atom. The normalized spacial score (nSPS) is 16.7. The van der Waals surface area contributed by atoms with Crippen molar-refractivity contribution in [2.24, 2.45) is 5.92 Å². The van der Waals surface area contributed by atoms with E-state index in [4.69, 9.17) is 4.52 Å². The van der Waals surface area contributed by atoms with Crippen LogP contribution in [0.5, 0.6) is 0 Å². The molecule has 0 aromatic carbocycles. The first-order valence-electron chi connectivity index (χ1n) is 6.94. The van der Waals surface area contributed by atoms with Crippen LogP contribution in [0, 0.1) is 5.92 Å². The van der Waals surface area contributed by atoms with E-state index >= 15 is 0 Å². The molecule has 1 saturated carbocycles. The van der Waals surface area contributed by atoms with Crippen LogP contribution in [-0.4, -0.2) is 21.8 Å². The number of aromatic nitrogens is 3. The molecular formula is C14H20N4O. The Balaban J connectivity index is 1.70. The van der Waals surface area contributed by atoms with Crippen molar-refractivity contribution in [3.63, 3.8) is 0 Å². The lowest BCUT2D eigenvalue weighted by Crippen LogP contribution is -2.17. The fourth-order valence-corrected chi connectivity index (χ4v) is 2.50. The molecule has 2 heterocycles. The predicted molar refractivity (Wildman–Crippen MR) is 71.7 cm³/mol. The van der Waals surface area contributed by atoms with E-state index in [9.17, 15) is 0 Å². The fourth-order valence-electron chi connectivity index (χ4n) is 2.50. The standard InChI is InChI=1S/C14H20N4O/c1-3-12-16-13(19-17-12)9-18-7-6-11(8-18)14(15-2)10-4-5-10/h6-8,10,14-15H,3-5,9H2,1-2H3. The van der Waals surface area contributed by atoms with Crippen molar-refractivity contribution in [3.8, 4) is 0 Å². The van der Waals surface area contributed by atoms with Gasteiger partial charge in [-0.05, 0) is 37.4 Å². The van der Waals surface area contributed by atoms with Crippen LogP contribution in [0.4, 0.5) is 0 Å². The first-order chi connectivity index (χ1) is 9.30. The molecule has 0 saturated heterocycles. The highest BCUT2D eigenvalue weighted by Gasteiger charge is 2.31. The summed E-state index contributed by atoms with van der Waals surface area (Å²) in [7, 11) is 2.03. The zero-order chi connectivity index (χ0) is 13.2. The Kier molecular flexibility index (Phi) is 3.38. The molecule has 5 heteroatoms. The van der Waals surface area contributed by atoms with Gasteiger partial charge in [0.1, 0.15) is 6.54 Å². The van der Waals surface area contributed by atoms with Crippen LogP contribution in [0.3, 0.4) is 0 Å². The monoisotopic (exact) mass is 260 g/mol. The van der Waals surface area contributed by atoms with Gasteiger partial charge in [0, 0.05) is 24.9 Å². The second-order valence-electron chi connectivity index (χ2n) is 5.18. The van der Waals surface area contributed by atoms with Crippen molar-refractivity contribution >= 4 is 0 Å². The van der Waals surface area contributed by atoms with Crippen LogP contribution in [0.25, 0.3) is 0 Å². The third-order valence-corrected chi connectivity index (χ3v) is 3.68. The Morgan fingerprint density at radius 2 is 2.37 bits per heavy atom. The van der Waals surface area contributed by atoms with E-state index < -0.39 is 0 Å². The molecule has 0 amide bonds. The maximum Gasteiger partial charge on any atom is 0.246 e. The second-order valence-corrected chi connectivity index (χ2v) is 5.18. The molecule has 0 aliphatic heterocycles. The second kappa shape index (κ2) is 5.17. The van der Waals surface area contributed by atoms with Crippen molar-refractivity contribution in [1.29, 1.82) is 0 Å². The SMILES string of the molecule is CCc1noc(Cn2ccc(C(NC)C3CC3)c2)n1. The van der Waals surface area contributed by atoms with Crippen molar-refractivity contribution in [2.75, 3.05) is 7.05 Å². The maximum absolute atomic E-state index is 5.22. The summed E-state index contributed by atoms with van der Waals surface area (Å²) in [5.41, 5.74) is 1.35. The number of nitrogens with zero attached hydrogens (tertiary/aromatic N) is 3. The van der Waals surface area contributed by atoms with E-state index in [0.717, 1.165) is 18.2 Å². The zero-order valence-electron chi connectivity index (χ0n) is 11.5. The molecule has 1 unspecified atom stereocenters. The average molecular weight is 260 g/mol. The molecule has 19 heavy (non-hydrogen) atoms. The summed E-state index contributed by atoms with van der Waals surface area (Å²) in [6.07, 6.45) is 7.73. The summed E-state index contributed by atoms with van der Waals surface area (Å²) in [5, 5.41) is 7.32. The molecule has 0 bridgehead atoms. The van der Waals surface area contributed by atoms with Gasteiger partial charge in [-0.3, -0.25) is 0 Å². The minimum absolute atomic E-state index is 0.482. The third-order valence-electron chi connectivity index (χ3n) is 3.68. The van der Waals surface area contributed by atoms with Crippen LogP contribution in [0.15, 0.2) is 23.0 Å². The molecule has 3 rings (SSSR count). The molecule has 1 N–H and O–H groups in total. The number of aryl methyl sites for hydroxylation is 1. The van der Waals surface area contributed by atoms with Gasteiger partial charge in [-0.25, -0.2) is 0 Å². The van der Waals surface area contributed by atoms with Crippen molar-refractivity contribution in [3.05, 3.63) is 35.7 Å². The first kappa shape index (κ1) is 12.4. The Morgan fingerprint density at radius 1 is 1.53 bits per heavy atom. The molecule has 2 aromatic heterocycles. The summed E-state index contributed by atoms with van der Waals surface area (Å²) >= 11 is 0. The lowest BCUT2D eigenvalue weighted by atomic mass is 10.1. The molecule has 1 aliphatic carbocycles. The Bertz CT molecular complexity index is 541. The fraction of sp³-hybridized carbons (Fsp3) is 0.571. The predicted octanol–water partition coefficient (Wildman–Crippen LogP) is 2.15. The van der Waals surface area contributed by atoms with Gasteiger partial charge in [-0.15, -0.1) is 0 Å². The van der Waals surface area contributed by atoms with Gasteiger partial charge >= 0.3 is 0 Å². The zero-order valence-corrected chi connectivity index (χ0v) is 11.5. The van der Waals surface area contributed by atoms with E-state index in [-0.39, 0.29) is 0 Å². The molecular weight excluding hydrogens is 240 g/mol. The van der Waals surface area contributed by atoms with E-state index in [0.29, 0.717) is 18.5 Å². The molecule has 1 fully saturated rings. The third kappa shape index (κ3) is 2.71. The lowest BCUT2D eigenvalue weighted by Gasteiger charge is -2.13. The molecule has 5 nitrogen and oxygen atoms in total. The van der Waals surface area contributed by atoms with Gasteiger partial charge in [0.25, 0.3) is 0 Å². The quantitative estimate of drug-likeness (QED) is 0.864. The molecule has 1 aliphatic rings. The highest BCUT2D eigenvalue weighted by atomic mass is 16.5. The molecule has 2 aromatic rings. The summed E-state index contributed by atoms with van der Waals surface area (Å²) < 4.78 is 7.32. The van der Waals surface area contributed by atoms with Gasteiger partial charge in [-0.2, -0.15) is 4.98 Å². The van der Waals surface area contributed by atoms with Crippen molar-refractivity contribution in [1.82, 2.24) is 20.0 Å². The highest BCUT2D eigenvalue weighted by Crippen LogP contribution is 2.40. The minimum Gasteiger partial charge on any atom is -0.345 e. The highest BCUT2D eigenvalue weighted by molar-refractivity contribution is 5.18. The molecule has 102 valence electrons. The van der Waals surface area contributed by atoms with E-state index in [1.807, 2.05) is 14.0 Å². The first-order valence-corrected chi connectivity index (χ1v) is 6.94. The van der Waals surface area contributed by atoms with Crippen LogP contribution in [0.1, 0.15) is 43.1 Å². The van der Waals surface area contributed by atoms with E-state index in [2.05, 4.69) is 38.5 Å². The molecule has 0 spiro atoms. The minimum atomic E-state index is 0.482. The molecule has 1 atom stereocenters. The van der Waals surface area contributed by atoms with Crippen LogP contribution in [-0.2, 0) is 13.0 Å². The van der Waals surface area contributed by atoms with Gasteiger partial charge in [0.15, 0.2) is 5.82 Å². The van der Waals surface area contributed by atoms with Crippen molar-refractivity contribution in [2.45, 2.75) is 38.8 Å². The molecule has 0 radical (unpaired) electrons. The van der Waals surface area contributed by atoms with Gasteiger partial charge < -0.3 is 14.4 Å². The topological polar surface area (TPSA) is 55.9 Å². The van der Waals surface area contributed by atoms with Gasteiger partial charge in [0.05, 0.1) is 0 Å². The number of hydrogen-bond acceptors (Lipinski definition) is 4. The number of nitrogens with one attached hydrogen (secondary N) is 1.